The van der Waals surface area contributed by atoms with Crippen LogP contribution in [0.25, 0.3) is 0 Å². The highest BCUT2D eigenvalue weighted by Crippen LogP contribution is 2.20. The van der Waals surface area contributed by atoms with Gasteiger partial charge in [0.2, 0.25) is 0 Å². The van der Waals surface area contributed by atoms with Gasteiger partial charge in [-0.1, -0.05) is 6.07 Å². The number of nitrogens with two attached hydrogens (primary N) is 1. The number of benzene rings is 2. The van der Waals surface area contributed by atoms with Crippen LogP contribution in [0.15, 0.2) is 30.3 Å². The van der Waals surface area contributed by atoms with Crippen LogP contribution in [0.1, 0.15) is 27.0 Å². The maximum Gasteiger partial charge on any atom is 0.258 e. The van der Waals surface area contributed by atoms with Crippen molar-refractivity contribution in [3.8, 4) is 0 Å². The normalized spacial score (nSPS) is 10.4. The molecule has 0 unspecified atom stereocenters. The van der Waals surface area contributed by atoms with Crippen molar-refractivity contribution in [2.75, 3.05) is 11.1 Å². The number of amides is 1. The van der Waals surface area contributed by atoms with Crippen LogP contribution < -0.4 is 11.1 Å². The third-order valence-corrected chi connectivity index (χ3v) is 3.00. The average molecular weight is 272 g/mol. The highest BCUT2D eigenvalue weighted by atomic mass is 19.1. The van der Waals surface area contributed by atoms with Crippen molar-refractivity contribution in [2.45, 2.75) is 20.8 Å². The number of anilines is 2. The number of rotatable bonds is 2. The van der Waals surface area contributed by atoms with Gasteiger partial charge in [0.05, 0.1) is 5.56 Å². The molecule has 3 N–H and O–H groups in total. The summed E-state index contributed by atoms with van der Waals surface area (Å²) in [4.78, 5) is 12.2. The van der Waals surface area contributed by atoms with Gasteiger partial charge in [0.25, 0.3) is 5.91 Å². The second-order valence-corrected chi connectivity index (χ2v) is 5.03. The Hall–Kier alpha value is -2.36. The van der Waals surface area contributed by atoms with Gasteiger partial charge in [0.1, 0.15) is 5.82 Å². The summed E-state index contributed by atoms with van der Waals surface area (Å²) in [6, 6.07) is 8.52. The minimum absolute atomic E-state index is 0.0401. The second-order valence-electron chi connectivity index (χ2n) is 5.03. The van der Waals surface area contributed by atoms with E-state index < -0.39 is 11.7 Å². The molecule has 0 saturated heterocycles. The summed E-state index contributed by atoms with van der Waals surface area (Å²) in [5.41, 5.74) is 9.06. The van der Waals surface area contributed by atoms with Crippen LogP contribution in [0.2, 0.25) is 0 Å². The molecule has 104 valence electrons. The highest BCUT2D eigenvalue weighted by molar-refractivity contribution is 6.05. The van der Waals surface area contributed by atoms with Crippen molar-refractivity contribution in [3.05, 3.63) is 58.4 Å². The van der Waals surface area contributed by atoms with E-state index in [9.17, 15) is 9.18 Å². The molecule has 4 heteroatoms. The number of carbonyl (C=O) groups is 1. The van der Waals surface area contributed by atoms with Crippen molar-refractivity contribution in [1.29, 1.82) is 0 Å². The summed E-state index contributed by atoms with van der Waals surface area (Å²) in [7, 11) is 0. The van der Waals surface area contributed by atoms with E-state index in [0.717, 1.165) is 11.1 Å². The average Bonchev–Trinajstić information content (AvgIpc) is 2.32. The smallest absolute Gasteiger partial charge is 0.258 e. The summed E-state index contributed by atoms with van der Waals surface area (Å²) in [6.07, 6.45) is 0. The number of carbonyl (C=O) groups excluding carboxylic acids is 1. The Morgan fingerprint density at radius 1 is 1.05 bits per heavy atom. The van der Waals surface area contributed by atoms with Crippen molar-refractivity contribution >= 4 is 17.3 Å². The lowest BCUT2D eigenvalue weighted by Crippen LogP contribution is -2.15. The SMILES string of the molecule is Cc1cc(C)cc(NC(=O)c2cc(N)cc(C)c2F)c1. The molecule has 0 saturated carbocycles. The minimum Gasteiger partial charge on any atom is -0.399 e. The topological polar surface area (TPSA) is 55.1 Å². The maximum atomic E-state index is 14.0. The van der Waals surface area contributed by atoms with E-state index in [4.69, 9.17) is 5.73 Å². The number of hydrogen-bond acceptors (Lipinski definition) is 2. The zero-order valence-electron chi connectivity index (χ0n) is 11.8. The number of nitrogens with one attached hydrogen (secondary N) is 1. The van der Waals surface area contributed by atoms with E-state index >= 15 is 0 Å². The van der Waals surface area contributed by atoms with E-state index in [1.165, 1.54) is 12.1 Å². The van der Waals surface area contributed by atoms with E-state index in [-0.39, 0.29) is 5.56 Å². The molecule has 0 atom stereocenters. The highest BCUT2D eigenvalue weighted by Gasteiger charge is 2.15. The lowest BCUT2D eigenvalue weighted by atomic mass is 10.1. The van der Waals surface area contributed by atoms with Gasteiger partial charge in [-0.2, -0.15) is 0 Å². The van der Waals surface area contributed by atoms with Crippen molar-refractivity contribution < 1.29 is 9.18 Å². The maximum absolute atomic E-state index is 14.0. The summed E-state index contributed by atoms with van der Waals surface area (Å²) < 4.78 is 14.0. The molecule has 0 aliphatic carbocycles. The first-order valence-corrected chi connectivity index (χ1v) is 6.32. The van der Waals surface area contributed by atoms with Crippen molar-refractivity contribution in [3.63, 3.8) is 0 Å². The van der Waals surface area contributed by atoms with Crippen LogP contribution in [0, 0.1) is 26.6 Å². The fourth-order valence-electron chi connectivity index (χ4n) is 2.21. The van der Waals surface area contributed by atoms with E-state index in [1.54, 1.807) is 6.92 Å². The van der Waals surface area contributed by atoms with Gasteiger partial charge in [0, 0.05) is 11.4 Å². The Bertz CT molecular complexity index is 660. The minimum atomic E-state index is -0.541. The third kappa shape index (κ3) is 2.96. The zero-order valence-corrected chi connectivity index (χ0v) is 11.8. The Kier molecular flexibility index (Phi) is 3.74. The van der Waals surface area contributed by atoms with Crippen LogP contribution in [-0.4, -0.2) is 5.91 Å². The fourth-order valence-corrected chi connectivity index (χ4v) is 2.21. The summed E-state index contributed by atoms with van der Waals surface area (Å²) >= 11 is 0. The van der Waals surface area contributed by atoms with Crippen LogP contribution in [-0.2, 0) is 0 Å². The molecule has 0 heterocycles. The predicted molar refractivity (Wildman–Crippen MR) is 79.4 cm³/mol. The Balaban J connectivity index is 2.33. The molecular formula is C16H17FN2O. The summed E-state index contributed by atoms with van der Waals surface area (Å²) in [5.74, 6) is -1.04. The molecule has 0 bridgehead atoms. The van der Waals surface area contributed by atoms with E-state index in [0.29, 0.717) is 16.9 Å². The molecule has 0 aromatic heterocycles. The first kappa shape index (κ1) is 14.1. The number of hydrogen-bond donors (Lipinski definition) is 2. The Morgan fingerprint density at radius 3 is 2.25 bits per heavy atom. The monoisotopic (exact) mass is 272 g/mol. The Morgan fingerprint density at radius 2 is 1.65 bits per heavy atom. The van der Waals surface area contributed by atoms with Gasteiger partial charge in [-0.25, -0.2) is 4.39 Å². The summed E-state index contributed by atoms with van der Waals surface area (Å²) in [6.45, 7) is 5.46. The standard InChI is InChI=1S/C16H17FN2O/c1-9-4-10(2)6-13(5-9)19-16(20)14-8-12(18)7-11(3)15(14)17/h4-8H,18H2,1-3H3,(H,19,20). The van der Waals surface area contributed by atoms with Crippen LogP contribution in [0.4, 0.5) is 15.8 Å². The van der Waals surface area contributed by atoms with Gasteiger partial charge in [0.15, 0.2) is 0 Å². The van der Waals surface area contributed by atoms with Gasteiger partial charge in [-0.3, -0.25) is 4.79 Å². The summed E-state index contributed by atoms with van der Waals surface area (Å²) in [5, 5.41) is 2.70. The van der Waals surface area contributed by atoms with Crippen LogP contribution in [0.3, 0.4) is 0 Å². The van der Waals surface area contributed by atoms with Crippen molar-refractivity contribution in [2.24, 2.45) is 0 Å². The number of halogens is 1. The van der Waals surface area contributed by atoms with E-state index in [1.807, 2.05) is 32.0 Å². The van der Waals surface area contributed by atoms with Crippen LogP contribution >= 0.6 is 0 Å². The molecule has 2 aromatic carbocycles. The lowest BCUT2D eigenvalue weighted by Gasteiger charge is -2.10. The lowest BCUT2D eigenvalue weighted by molar-refractivity contribution is 0.102. The first-order chi connectivity index (χ1) is 9.36. The van der Waals surface area contributed by atoms with Gasteiger partial charge in [-0.05, 0) is 61.7 Å². The number of nitrogen functional groups attached to an aromatic ring is 1. The molecule has 20 heavy (non-hydrogen) atoms. The molecular weight excluding hydrogens is 255 g/mol. The van der Waals surface area contributed by atoms with Gasteiger partial charge in [-0.15, -0.1) is 0 Å². The fraction of sp³-hybridized carbons (Fsp3) is 0.188. The molecule has 0 radical (unpaired) electrons. The van der Waals surface area contributed by atoms with Crippen molar-refractivity contribution in [1.82, 2.24) is 0 Å². The molecule has 1 amide bonds. The molecule has 0 spiro atoms. The molecule has 0 fully saturated rings. The number of aryl methyl sites for hydroxylation is 3. The Labute approximate surface area is 117 Å². The quantitative estimate of drug-likeness (QED) is 0.821. The van der Waals surface area contributed by atoms with Gasteiger partial charge >= 0.3 is 0 Å². The molecule has 2 aromatic rings. The van der Waals surface area contributed by atoms with Gasteiger partial charge < -0.3 is 11.1 Å². The van der Waals surface area contributed by atoms with Crippen LogP contribution in [0.5, 0.6) is 0 Å². The zero-order chi connectivity index (χ0) is 14.9. The molecule has 0 aliphatic rings. The third-order valence-electron chi connectivity index (χ3n) is 3.00. The van der Waals surface area contributed by atoms with E-state index in [2.05, 4.69) is 5.32 Å². The molecule has 0 aliphatic heterocycles. The predicted octanol–water partition coefficient (Wildman–Crippen LogP) is 3.59. The first-order valence-electron chi connectivity index (χ1n) is 6.32. The largest absolute Gasteiger partial charge is 0.399 e. The second kappa shape index (κ2) is 5.33. The molecule has 2 rings (SSSR count). The molecule has 3 nitrogen and oxygen atoms in total.